The summed E-state index contributed by atoms with van der Waals surface area (Å²) in [5.41, 5.74) is 0. The predicted molar refractivity (Wildman–Crippen MR) is 79.6 cm³/mol. The minimum absolute atomic E-state index is 0.230. The molecule has 0 amide bonds. The van der Waals surface area contributed by atoms with Crippen LogP contribution in [0.4, 0.5) is 0 Å². The second-order valence-corrected chi connectivity index (χ2v) is 5.99. The quantitative estimate of drug-likeness (QED) is 0.511. The van der Waals surface area contributed by atoms with Crippen LogP contribution in [0.25, 0.3) is 0 Å². The van der Waals surface area contributed by atoms with Gasteiger partial charge in [0.25, 0.3) is 0 Å². The Hall–Kier alpha value is -0.160. The van der Waals surface area contributed by atoms with Crippen molar-refractivity contribution in [2.45, 2.75) is 95.5 Å². The molecule has 0 spiro atoms. The lowest BCUT2D eigenvalue weighted by atomic mass is 10.0. The second-order valence-electron chi connectivity index (χ2n) is 5.99. The molecule has 0 aliphatic carbocycles. The molecule has 1 aliphatic heterocycles. The number of aliphatic hydroxyl groups is 3. The number of unbranched alkanes of at least 4 members (excludes halogenated alkanes) is 8. The third kappa shape index (κ3) is 6.08. The van der Waals surface area contributed by atoms with Crippen LogP contribution in [0.1, 0.15) is 71.1 Å². The minimum Gasteiger partial charge on any atom is -0.394 e. The largest absolute Gasteiger partial charge is 0.394 e. The molecule has 120 valence electrons. The SMILES string of the molecule is CCCCCCCCCCC[C@H]1O[C@H](CO)[C@@H](O)[C@@H]1O. The van der Waals surface area contributed by atoms with Gasteiger partial charge in [-0.1, -0.05) is 64.7 Å². The van der Waals surface area contributed by atoms with Gasteiger partial charge in [0.2, 0.25) is 0 Å². The van der Waals surface area contributed by atoms with Gasteiger partial charge < -0.3 is 20.1 Å². The van der Waals surface area contributed by atoms with Crippen LogP contribution < -0.4 is 0 Å². The van der Waals surface area contributed by atoms with Crippen molar-refractivity contribution in [2.24, 2.45) is 0 Å². The van der Waals surface area contributed by atoms with Crippen molar-refractivity contribution in [3.63, 3.8) is 0 Å². The van der Waals surface area contributed by atoms with E-state index in [1.54, 1.807) is 0 Å². The summed E-state index contributed by atoms with van der Waals surface area (Å²) in [6, 6.07) is 0. The van der Waals surface area contributed by atoms with Crippen molar-refractivity contribution in [1.29, 1.82) is 0 Å². The fourth-order valence-electron chi connectivity index (χ4n) is 2.87. The van der Waals surface area contributed by atoms with E-state index < -0.39 is 18.3 Å². The molecule has 0 bridgehead atoms. The van der Waals surface area contributed by atoms with E-state index in [1.807, 2.05) is 0 Å². The molecular formula is C16H32O4. The molecule has 4 heteroatoms. The average Bonchev–Trinajstić information content (AvgIpc) is 2.73. The van der Waals surface area contributed by atoms with Crippen molar-refractivity contribution in [3.05, 3.63) is 0 Å². The zero-order valence-corrected chi connectivity index (χ0v) is 12.8. The summed E-state index contributed by atoms with van der Waals surface area (Å²) in [6.45, 7) is 2.00. The van der Waals surface area contributed by atoms with E-state index in [0.29, 0.717) is 0 Å². The predicted octanol–water partition coefficient (Wildman–Crippen LogP) is 2.39. The molecule has 1 aliphatic rings. The van der Waals surface area contributed by atoms with Crippen molar-refractivity contribution >= 4 is 0 Å². The lowest BCUT2D eigenvalue weighted by Crippen LogP contribution is -2.33. The summed E-state index contributed by atoms with van der Waals surface area (Å²) < 4.78 is 5.46. The third-order valence-corrected chi connectivity index (χ3v) is 4.23. The first kappa shape index (κ1) is 17.9. The first-order valence-electron chi connectivity index (χ1n) is 8.33. The molecule has 0 radical (unpaired) electrons. The fourth-order valence-corrected chi connectivity index (χ4v) is 2.87. The first-order chi connectivity index (χ1) is 9.70. The van der Waals surface area contributed by atoms with Gasteiger partial charge >= 0.3 is 0 Å². The molecule has 1 saturated heterocycles. The number of hydrogen-bond acceptors (Lipinski definition) is 4. The highest BCUT2D eigenvalue weighted by Gasteiger charge is 2.41. The standard InChI is InChI=1S/C16H32O4/c1-2-3-4-5-6-7-8-9-10-11-13-15(18)16(19)14(12-17)20-13/h13-19H,2-12H2,1H3/t13-,14-,15-,16-/m1/s1. The van der Waals surface area contributed by atoms with Crippen LogP contribution in [0.3, 0.4) is 0 Å². The molecule has 4 nitrogen and oxygen atoms in total. The van der Waals surface area contributed by atoms with E-state index in [0.717, 1.165) is 19.3 Å². The van der Waals surface area contributed by atoms with Gasteiger partial charge in [0, 0.05) is 0 Å². The lowest BCUT2D eigenvalue weighted by Gasteiger charge is -2.14. The van der Waals surface area contributed by atoms with Crippen molar-refractivity contribution in [3.8, 4) is 0 Å². The summed E-state index contributed by atoms with van der Waals surface area (Å²) in [5, 5.41) is 28.4. The fraction of sp³-hybridized carbons (Fsp3) is 1.00. The molecule has 20 heavy (non-hydrogen) atoms. The molecule has 1 fully saturated rings. The van der Waals surface area contributed by atoms with E-state index in [9.17, 15) is 10.2 Å². The van der Waals surface area contributed by atoms with E-state index in [4.69, 9.17) is 9.84 Å². The Labute approximate surface area is 123 Å². The Kier molecular flexibility index (Phi) is 9.44. The maximum absolute atomic E-state index is 9.80. The lowest BCUT2D eigenvalue weighted by molar-refractivity contribution is -0.0246. The van der Waals surface area contributed by atoms with Crippen LogP contribution >= 0.6 is 0 Å². The number of aliphatic hydroxyl groups excluding tert-OH is 3. The normalized spacial score (nSPS) is 30.0. The van der Waals surface area contributed by atoms with Gasteiger partial charge in [0.15, 0.2) is 0 Å². The highest BCUT2D eigenvalue weighted by Crippen LogP contribution is 2.25. The third-order valence-electron chi connectivity index (χ3n) is 4.23. The molecule has 4 atom stereocenters. The Morgan fingerprint density at radius 2 is 1.25 bits per heavy atom. The van der Waals surface area contributed by atoms with Crippen LogP contribution in [-0.4, -0.2) is 46.3 Å². The molecule has 1 rings (SSSR count). The summed E-state index contributed by atoms with van der Waals surface area (Å²) in [4.78, 5) is 0. The van der Waals surface area contributed by atoms with Gasteiger partial charge in [-0.05, 0) is 6.42 Å². The van der Waals surface area contributed by atoms with E-state index in [-0.39, 0.29) is 12.7 Å². The molecule has 1 heterocycles. The highest BCUT2D eigenvalue weighted by molar-refractivity contribution is 4.89. The van der Waals surface area contributed by atoms with Crippen molar-refractivity contribution in [1.82, 2.24) is 0 Å². The maximum atomic E-state index is 9.80. The topological polar surface area (TPSA) is 69.9 Å². The maximum Gasteiger partial charge on any atom is 0.111 e. The molecule has 0 aromatic rings. The monoisotopic (exact) mass is 288 g/mol. The van der Waals surface area contributed by atoms with Crippen LogP contribution in [0.2, 0.25) is 0 Å². The molecule has 3 N–H and O–H groups in total. The summed E-state index contributed by atoms with van der Waals surface area (Å²) in [7, 11) is 0. The molecule has 0 saturated carbocycles. The Balaban J connectivity index is 1.96. The minimum atomic E-state index is -0.941. The van der Waals surface area contributed by atoms with Gasteiger partial charge in [-0.15, -0.1) is 0 Å². The van der Waals surface area contributed by atoms with Crippen molar-refractivity contribution < 1.29 is 20.1 Å². The molecular weight excluding hydrogens is 256 g/mol. The van der Waals surface area contributed by atoms with Gasteiger partial charge in [-0.3, -0.25) is 0 Å². The molecule has 0 aromatic carbocycles. The average molecular weight is 288 g/mol. The van der Waals surface area contributed by atoms with E-state index in [1.165, 1.54) is 44.9 Å². The molecule has 0 aromatic heterocycles. The Morgan fingerprint density at radius 3 is 1.75 bits per heavy atom. The van der Waals surface area contributed by atoms with Gasteiger partial charge in [-0.2, -0.15) is 0 Å². The van der Waals surface area contributed by atoms with E-state index in [2.05, 4.69) is 6.92 Å². The van der Waals surface area contributed by atoms with Gasteiger partial charge in [0.05, 0.1) is 12.7 Å². The second kappa shape index (κ2) is 10.6. The number of ether oxygens (including phenoxy) is 1. The zero-order valence-electron chi connectivity index (χ0n) is 12.8. The Morgan fingerprint density at radius 1 is 0.750 bits per heavy atom. The van der Waals surface area contributed by atoms with E-state index >= 15 is 0 Å². The summed E-state index contributed by atoms with van der Waals surface area (Å²) in [6.07, 6.45) is 9.43. The number of rotatable bonds is 11. The smallest absolute Gasteiger partial charge is 0.111 e. The highest BCUT2D eigenvalue weighted by atomic mass is 16.6. The zero-order chi connectivity index (χ0) is 14.8. The van der Waals surface area contributed by atoms with Crippen LogP contribution in [0, 0.1) is 0 Å². The van der Waals surface area contributed by atoms with Crippen LogP contribution in [0.15, 0.2) is 0 Å². The van der Waals surface area contributed by atoms with Crippen molar-refractivity contribution in [2.75, 3.05) is 6.61 Å². The Bertz CT molecular complexity index is 235. The van der Waals surface area contributed by atoms with Crippen LogP contribution in [-0.2, 0) is 4.74 Å². The summed E-state index contributed by atoms with van der Waals surface area (Å²) in [5.74, 6) is 0. The summed E-state index contributed by atoms with van der Waals surface area (Å²) >= 11 is 0. The number of hydrogen-bond donors (Lipinski definition) is 3. The van der Waals surface area contributed by atoms with Crippen LogP contribution in [0.5, 0.6) is 0 Å². The molecule has 0 unspecified atom stereocenters. The first-order valence-corrected chi connectivity index (χ1v) is 8.33. The van der Waals surface area contributed by atoms with Gasteiger partial charge in [0.1, 0.15) is 18.3 Å². The van der Waals surface area contributed by atoms with Gasteiger partial charge in [-0.25, -0.2) is 0 Å².